The molecule has 0 aromatic heterocycles. The second-order valence-electron chi connectivity index (χ2n) is 7.36. The number of nitrogens with one attached hydrogen (secondary N) is 1. The Labute approximate surface area is 192 Å². The van der Waals surface area contributed by atoms with Crippen LogP contribution in [0.2, 0.25) is 0 Å². The third kappa shape index (κ3) is 4.59. The van der Waals surface area contributed by atoms with Crippen molar-refractivity contribution >= 4 is 17.6 Å². The smallest absolute Gasteiger partial charge is 0.355 e. The molecular formula is C25H26N4O4. The molecule has 0 aliphatic carbocycles. The zero-order valence-electron chi connectivity index (χ0n) is 18.8. The highest BCUT2D eigenvalue weighted by atomic mass is 16.5. The molecule has 1 atom stereocenters. The Balaban J connectivity index is 2.28. The van der Waals surface area contributed by atoms with E-state index in [2.05, 4.69) is 11.4 Å². The SMILES string of the molecule is CNCCc1ccc(N2C(N)=C(C#N)C(c3ccccc3)C(C(=O)OC)=C2C(=O)OC)cc1. The van der Waals surface area contributed by atoms with Crippen molar-refractivity contribution in [2.45, 2.75) is 12.3 Å². The second-order valence-corrected chi connectivity index (χ2v) is 7.36. The lowest BCUT2D eigenvalue weighted by Crippen LogP contribution is -2.40. The molecule has 0 fully saturated rings. The van der Waals surface area contributed by atoms with Gasteiger partial charge in [-0.3, -0.25) is 4.90 Å². The zero-order chi connectivity index (χ0) is 24.0. The summed E-state index contributed by atoms with van der Waals surface area (Å²) < 4.78 is 10.1. The molecule has 8 nitrogen and oxygen atoms in total. The normalized spacial score (nSPS) is 15.8. The molecule has 0 spiro atoms. The number of ether oxygens (including phenoxy) is 2. The first kappa shape index (κ1) is 23.6. The molecule has 3 rings (SSSR count). The first-order chi connectivity index (χ1) is 16.0. The monoisotopic (exact) mass is 446 g/mol. The molecule has 3 N–H and O–H groups in total. The van der Waals surface area contributed by atoms with E-state index in [4.69, 9.17) is 15.2 Å². The van der Waals surface area contributed by atoms with Crippen LogP contribution in [0.4, 0.5) is 5.69 Å². The minimum absolute atomic E-state index is 0.0134. The van der Waals surface area contributed by atoms with Gasteiger partial charge in [0.15, 0.2) is 0 Å². The molecule has 0 saturated heterocycles. The summed E-state index contributed by atoms with van der Waals surface area (Å²) in [5, 5.41) is 13.1. The van der Waals surface area contributed by atoms with E-state index in [1.807, 2.05) is 25.2 Å². The van der Waals surface area contributed by atoms with E-state index in [-0.39, 0.29) is 22.7 Å². The Kier molecular flexibility index (Phi) is 7.49. The van der Waals surface area contributed by atoms with Crippen molar-refractivity contribution < 1.29 is 19.1 Å². The standard InChI is InChI=1S/C25H26N4O4/c1-28-14-13-16-9-11-18(12-10-16)29-22(25(31)33-3)21(24(30)32-2)20(19(15-26)23(29)27)17-7-5-4-6-8-17/h4-12,20,28H,13-14,27H2,1-3H3. The van der Waals surface area contributed by atoms with Gasteiger partial charge in [-0.2, -0.15) is 5.26 Å². The van der Waals surface area contributed by atoms with Gasteiger partial charge in [0, 0.05) is 5.69 Å². The molecule has 2 aromatic rings. The molecule has 170 valence electrons. The van der Waals surface area contributed by atoms with Crippen molar-refractivity contribution in [3.63, 3.8) is 0 Å². The molecule has 2 aromatic carbocycles. The number of esters is 2. The highest BCUT2D eigenvalue weighted by Gasteiger charge is 2.42. The average molecular weight is 447 g/mol. The first-order valence-electron chi connectivity index (χ1n) is 10.4. The van der Waals surface area contributed by atoms with Crippen molar-refractivity contribution in [2.24, 2.45) is 5.73 Å². The van der Waals surface area contributed by atoms with Crippen LogP contribution in [0.15, 0.2) is 77.3 Å². The number of hydrogen-bond acceptors (Lipinski definition) is 8. The molecule has 1 heterocycles. The fourth-order valence-electron chi connectivity index (χ4n) is 3.86. The van der Waals surface area contributed by atoms with Gasteiger partial charge >= 0.3 is 11.9 Å². The summed E-state index contributed by atoms with van der Waals surface area (Å²) in [6, 6.07) is 18.4. The largest absolute Gasteiger partial charge is 0.466 e. The molecule has 33 heavy (non-hydrogen) atoms. The van der Waals surface area contributed by atoms with Crippen molar-refractivity contribution in [1.29, 1.82) is 5.26 Å². The van der Waals surface area contributed by atoms with Crippen molar-refractivity contribution in [2.75, 3.05) is 32.7 Å². The van der Waals surface area contributed by atoms with Crippen LogP contribution in [-0.2, 0) is 25.5 Å². The van der Waals surface area contributed by atoms with Gasteiger partial charge in [0.1, 0.15) is 11.5 Å². The van der Waals surface area contributed by atoms with Crippen LogP contribution < -0.4 is 16.0 Å². The summed E-state index contributed by atoms with van der Waals surface area (Å²) in [5.74, 6) is -2.36. The third-order valence-corrected chi connectivity index (χ3v) is 5.47. The van der Waals surface area contributed by atoms with Crippen molar-refractivity contribution in [3.8, 4) is 6.07 Å². The topological polar surface area (TPSA) is 118 Å². The fraction of sp³-hybridized carbons (Fsp3) is 0.240. The average Bonchev–Trinajstić information content (AvgIpc) is 2.86. The summed E-state index contributed by atoms with van der Waals surface area (Å²) in [4.78, 5) is 27.4. The van der Waals surface area contributed by atoms with E-state index in [1.165, 1.54) is 19.1 Å². The van der Waals surface area contributed by atoms with Gasteiger partial charge in [-0.1, -0.05) is 42.5 Å². The van der Waals surface area contributed by atoms with E-state index >= 15 is 0 Å². The van der Waals surface area contributed by atoms with Gasteiger partial charge in [-0.05, 0) is 43.3 Å². The van der Waals surface area contributed by atoms with Crippen molar-refractivity contribution in [1.82, 2.24) is 5.32 Å². The number of anilines is 1. The molecule has 0 amide bonds. The molecule has 0 saturated carbocycles. The Morgan fingerprint density at radius 2 is 1.70 bits per heavy atom. The number of carbonyl (C=O) groups excluding carboxylic acids is 2. The lowest BCUT2D eigenvalue weighted by atomic mass is 9.81. The minimum atomic E-state index is -0.885. The highest BCUT2D eigenvalue weighted by molar-refractivity contribution is 6.06. The lowest BCUT2D eigenvalue weighted by molar-refractivity contribution is -0.139. The molecule has 1 unspecified atom stereocenters. The Hall–Kier alpha value is -4.09. The van der Waals surface area contributed by atoms with Crippen LogP contribution in [0.5, 0.6) is 0 Å². The maximum absolute atomic E-state index is 13.0. The van der Waals surface area contributed by atoms with E-state index < -0.39 is 17.9 Å². The van der Waals surface area contributed by atoms with Crippen LogP contribution in [0.3, 0.4) is 0 Å². The Morgan fingerprint density at radius 1 is 1.06 bits per heavy atom. The van der Waals surface area contributed by atoms with Crippen LogP contribution in [0.1, 0.15) is 17.0 Å². The van der Waals surface area contributed by atoms with Gasteiger partial charge in [-0.15, -0.1) is 0 Å². The minimum Gasteiger partial charge on any atom is -0.466 e. The molecule has 0 radical (unpaired) electrons. The number of rotatable bonds is 7. The van der Waals surface area contributed by atoms with E-state index in [9.17, 15) is 14.9 Å². The predicted molar refractivity (Wildman–Crippen MR) is 124 cm³/mol. The van der Waals surface area contributed by atoms with E-state index in [0.717, 1.165) is 18.5 Å². The third-order valence-electron chi connectivity index (χ3n) is 5.47. The lowest BCUT2D eigenvalue weighted by Gasteiger charge is -2.35. The molecule has 8 heteroatoms. The van der Waals surface area contributed by atoms with E-state index in [0.29, 0.717) is 11.3 Å². The summed E-state index contributed by atoms with van der Waals surface area (Å²) in [5.41, 5.74) is 8.73. The van der Waals surface area contributed by atoms with Gasteiger partial charge in [0.25, 0.3) is 0 Å². The first-order valence-corrected chi connectivity index (χ1v) is 10.4. The van der Waals surface area contributed by atoms with Gasteiger partial charge in [0.05, 0.1) is 37.4 Å². The summed E-state index contributed by atoms with van der Waals surface area (Å²) in [6.07, 6.45) is 0.814. The molecule has 1 aliphatic heterocycles. The number of nitriles is 1. The van der Waals surface area contributed by atoms with Crippen LogP contribution in [-0.4, -0.2) is 39.8 Å². The fourth-order valence-corrected chi connectivity index (χ4v) is 3.86. The quantitative estimate of drug-likeness (QED) is 0.623. The van der Waals surface area contributed by atoms with Gasteiger partial charge in [-0.25, -0.2) is 9.59 Å². The number of methoxy groups -OCH3 is 2. The number of allylic oxidation sites excluding steroid dienone is 1. The maximum Gasteiger partial charge on any atom is 0.355 e. The van der Waals surface area contributed by atoms with Crippen molar-refractivity contribution in [3.05, 3.63) is 88.4 Å². The van der Waals surface area contributed by atoms with Crippen LogP contribution in [0, 0.1) is 11.3 Å². The molecule has 0 bridgehead atoms. The number of carbonyl (C=O) groups is 2. The number of nitrogens with zero attached hydrogens (tertiary/aromatic N) is 2. The van der Waals surface area contributed by atoms with Gasteiger partial charge in [0.2, 0.25) is 0 Å². The highest BCUT2D eigenvalue weighted by Crippen LogP contribution is 2.43. The molecule has 1 aliphatic rings. The van der Waals surface area contributed by atoms with E-state index in [1.54, 1.807) is 36.4 Å². The summed E-state index contributed by atoms with van der Waals surface area (Å²) in [7, 11) is 4.32. The maximum atomic E-state index is 13.0. The van der Waals surface area contributed by atoms with Crippen LogP contribution >= 0.6 is 0 Å². The number of likely N-dealkylation sites (N-methyl/N-ethyl adjacent to an activating group) is 1. The van der Waals surface area contributed by atoms with Gasteiger partial charge < -0.3 is 20.5 Å². The Morgan fingerprint density at radius 3 is 2.24 bits per heavy atom. The number of nitrogens with two attached hydrogens (primary N) is 1. The second kappa shape index (κ2) is 10.5. The zero-order valence-corrected chi connectivity index (χ0v) is 18.8. The van der Waals surface area contributed by atoms with Crippen LogP contribution in [0.25, 0.3) is 0 Å². The molecular weight excluding hydrogens is 420 g/mol. The summed E-state index contributed by atoms with van der Waals surface area (Å²) in [6.45, 7) is 0.808. The Bertz CT molecular complexity index is 1130. The summed E-state index contributed by atoms with van der Waals surface area (Å²) >= 11 is 0. The number of hydrogen-bond donors (Lipinski definition) is 2. The number of benzene rings is 2. The predicted octanol–water partition coefficient (Wildman–Crippen LogP) is 2.35.